The number of hydrogen-bond donors (Lipinski definition) is 1. The molecule has 0 heterocycles. The van der Waals surface area contributed by atoms with Crippen LogP contribution in [0.4, 0.5) is 4.39 Å². The molecular weight excluding hydrogens is 241 g/mol. The maximum absolute atomic E-state index is 14.2. The fraction of sp³-hybridized carbons (Fsp3) is 0.250. The molecule has 98 valence electrons. The fourth-order valence-corrected chi connectivity index (χ4v) is 3.02. The second-order valence-corrected chi connectivity index (χ2v) is 4.76. The van der Waals surface area contributed by atoms with Crippen molar-refractivity contribution in [1.29, 1.82) is 0 Å². The topological polar surface area (TPSA) is 35.2 Å². The van der Waals surface area contributed by atoms with Gasteiger partial charge in [0.05, 0.1) is 7.11 Å². The molecule has 3 heteroatoms. The van der Waals surface area contributed by atoms with Crippen LogP contribution in [0.2, 0.25) is 0 Å². The van der Waals surface area contributed by atoms with Crippen LogP contribution in [0.3, 0.4) is 0 Å². The van der Waals surface area contributed by atoms with Crippen molar-refractivity contribution in [2.75, 3.05) is 13.7 Å². The Morgan fingerprint density at radius 1 is 1.11 bits per heavy atom. The van der Waals surface area contributed by atoms with Crippen molar-refractivity contribution < 1.29 is 9.13 Å². The number of benzene rings is 2. The number of methoxy groups -OCH3 is 1. The molecule has 0 bridgehead atoms. The lowest BCUT2D eigenvalue weighted by Crippen LogP contribution is -2.06. The van der Waals surface area contributed by atoms with Crippen molar-refractivity contribution in [2.24, 2.45) is 5.73 Å². The highest BCUT2D eigenvalue weighted by atomic mass is 19.1. The van der Waals surface area contributed by atoms with E-state index in [1.165, 1.54) is 6.07 Å². The van der Waals surface area contributed by atoms with Crippen LogP contribution in [-0.4, -0.2) is 13.7 Å². The van der Waals surface area contributed by atoms with Gasteiger partial charge < -0.3 is 10.5 Å². The van der Waals surface area contributed by atoms with Crippen molar-refractivity contribution in [1.82, 2.24) is 0 Å². The molecule has 1 aliphatic rings. The van der Waals surface area contributed by atoms with E-state index in [0.717, 1.165) is 28.9 Å². The first-order chi connectivity index (χ1) is 9.27. The lowest BCUT2D eigenvalue weighted by molar-refractivity contribution is 0.416. The minimum atomic E-state index is -0.192. The van der Waals surface area contributed by atoms with Crippen LogP contribution in [0.5, 0.6) is 5.75 Å². The maximum Gasteiger partial charge on any atom is 0.131 e. The van der Waals surface area contributed by atoms with Gasteiger partial charge in [0.15, 0.2) is 0 Å². The predicted octanol–water partition coefficient (Wildman–Crippen LogP) is 3.30. The molecule has 0 radical (unpaired) electrons. The first-order valence-corrected chi connectivity index (χ1v) is 6.43. The van der Waals surface area contributed by atoms with Gasteiger partial charge in [-0.2, -0.15) is 0 Å². The lowest BCUT2D eigenvalue weighted by atomic mass is 9.94. The van der Waals surface area contributed by atoms with Crippen LogP contribution in [0.15, 0.2) is 36.4 Å². The van der Waals surface area contributed by atoms with Crippen molar-refractivity contribution in [3.63, 3.8) is 0 Å². The Morgan fingerprint density at radius 3 is 2.47 bits per heavy atom. The van der Waals surface area contributed by atoms with Crippen LogP contribution in [0, 0.1) is 5.82 Å². The number of halogens is 1. The summed E-state index contributed by atoms with van der Waals surface area (Å²) >= 11 is 0. The molecule has 0 aromatic heterocycles. The third-order valence-electron chi connectivity index (χ3n) is 3.78. The Balaban J connectivity index is 2.30. The number of rotatable bonds is 3. The maximum atomic E-state index is 14.2. The monoisotopic (exact) mass is 257 g/mol. The van der Waals surface area contributed by atoms with Gasteiger partial charge in [0, 0.05) is 17.0 Å². The third kappa shape index (κ3) is 1.73. The van der Waals surface area contributed by atoms with Gasteiger partial charge >= 0.3 is 0 Å². The van der Waals surface area contributed by atoms with Crippen LogP contribution in [0.1, 0.15) is 23.5 Å². The zero-order chi connectivity index (χ0) is 13.4. The summed E-state index contributed by atoms with van der Waals surface area (Å²) in [5, 5.41) is 0. The van der Waals surface area contributed by atoms with E-state index in [1.807, 2.05) is 24.3 Å². The average Bonchev–Trinajstić information content (AvgIpc) is 2.75. The molecule has 0 amide bonds. The van der Waals surface area contributed by atoms with Crippen LogP contribution in [-0.2, 0) is 0 Å². The van der Waals surface area contributed by atoms with E-state index in [4.69, 9.17) is 10.5 Å². The molecule has 1 atom stereocenters. The summed E-state index contributed by atoms with van der Waals surface area (Å²) in [6.45, 7) is 0.581. The Kier molecular flexibility index (Phi) is 2.99. The van der Waals surface area contributed by atoms with Gasteiger partial charge in [-0.05, 0) is 36.2 Å². The largest absolute Gasteiger partial charge is 0.496 e. The van der Waals surface area contributed by atoms with Crippen molar-refractivity contribution >= 4 is 0 Å². The predicted molar refractivity (Wildman–Crippen MR) is 73.9 cm³/mol. The second kappa shape index (κ2) is 4.67. The minimum absolute atomic E-state index is 0.167. The second-order valence-electron chi connectivity index (χ2n) is 4.76. The first-order valence-electron chi connectivity index (χ1n) is 6.43. The molecule has 0 saturated carbocycles. The zero-order valence-electron chi connectivity index (χ0n) is 10.8. The summed E-state index contributed by atoms with van der Waals surface area (Å²) in [6.07, 6.45) is 0.816. The molecule has 19 heavy (non-hydrogen) atoms. The molecule has 0 spiro atoms. The summed E-state index contributed by atoms with van der Waals surface area (Å²) in [5.74, 6) is 0.701. The molecule has 2 nitrogen and oxygen atoms in total. The normalized spacial score (nSPS) is 16.1. The first kappa shape index (κ1) is 12.2. The van der Waals surface area contributed by atoms with E-state index < -0.39 is 0 Å². The van der Waals surface area contributed by atoms with E-state index in [0.29, 0.717) is 12.1 Å². The number of ether oxygens (including phenoxy) is 1. The molecule has 2 aromatic rings. The van der Waals surface area contributed by atoms with Crippen LogP contribution < -0.4 is 10.5 Å². The van der Waals surface area contributed by atoms with Crippen molar-refractivity contribution in [3.05, 3.63) is 53.3 Å². The highest BCUT2D eigenvalue weighted by Gasteiger charge is 2.32. The molecular formula is C16H16FNO. The Hall–Kier alpha value is -1.87. The lowest BCUT2D eigenvalue weighted by Gasteiger charge is -2.12. The highest BCUT2D eigenvalue weighted by molar-refractivity contribution is 5.83. The Morgan fingerprint density at radius 2 is 1.79 bits per heavy atom. The molecule has 2 N–H and O–H groups in total. The molecule has 0 fully saturated rings. The minimum Gasteiger partial charge on any atom is -0.496 e. The smallest absolute Gasteiger partial charge is 0.131 e. The van der Waals surface area contributed by atoms with Gasteiger partial charge in [0.1, 0.15) is 11.6 Å². The van der Waals surface area contributed by atoms with Crippen LogP contribution in [0.25, 0.3) is 11.1 Å². The van der Waals surface area contributed by atoms with Gasteiger partial charge in [-0.1, -0.05) is 24.3 Å². The summed E-state index contributed by atoms with van der Waals surface area (Å²) in [5.41, 5.74) is 9.40. The van der Waals surface area contributed by atoms with E-state index in [1.54, 1.807) is 13.2 Å². The molecule has 0 saturated heterocycles. The van der Waals surface area contributed by atoms with Gasteiger partial charge in [0.25, 0.3) is 0 Å². The quantitative estimate of drug-likeness (QED) is 0.915. The number of hydrogen-bond acceptors (Lipinski definition) is 2. The number of fused-ring (bicyclic) bond motifs is 3. The van der Waals surface area contributed by atoms with Crippen LogP contribution >= 0.6 is 0 Å². The number of nitrogens with two attached hydrogens (primary N) is 1. The van der Waals surface area contributed by atoms with Gasteiger partial charge in [-0.25, -0.2) is 4.39 Å². The fourth-order valence-electron chi connectivity index (χ4n) is 3.02. The molecule has 1 aliphatic carbocycles. The highest BCUT2D eigenvalue weighted by Crippen LogP contribution is 2.50. The van der Waals surface area contributed by atoms with Gasteiger partial charge in [0.2, 0.25) is 0 Å². The molecule has 0 aliphatic heterocycles. The SMILES string of the molecule is COc1cccc2c1-c1c(F)cccc1C2CCN. The summed E-state index contributed by atoms with van der Waals surface area (Å²) in [4.78, 5) is 0. The molecule has 2 aromatic carbocycles. The van der Waals surface area contributed by atoms with E-state index in [-0.39, 0.29) is 11.7 Å². The standard InChI is InChI=1S/C16H16FNO/c1-19-14-7-3-5-12-10(8-9-18)11-4-2-6-13(17)15(11)16(12)14/h2-7,10H,8-9,18H2,1H3. The van der Waals surface area contributed by atoms with Gasteiger partial charge in [-0.3, -0.25) is 0 Å². The third-order valence-corrected chi connectivity index (χ3v) is 3.78. The van der Waals surface area contributed by atoms with Crippen molar-refractivity contribution in [2.45, 2.75) is 12.3 Å². The van der Waals surface area contributed by atoms with Gasteiger partial charge in [-0.15, -0.1) is 0 Å². The summed E-state index contributed by atoms with van der Waals surface area (Å²) < 4.78 is 19.6. The molecule has 1 unspecified atom stereocenters. The zero-order valence-corrected chi connectivity index (χ0v) is 10.8. The average molecular weight is 257 g/mol. The van der Waals surface area contributed by atoms with Crippen molar-refractivity contribution in [3.8, 4) is 16.9 Å². The summed E-state index contributed by atoms with van der Waals surface area (Å²) in [6, 6.07) is 11.1. The summed E-state index contributed by atoms with van der Waals surface area (Å²) in [7, 11) is 1.62. The Bertz CT molecular complexity index is 624. The van der Waals surface area contributed by atoms with E-state index in [9.17, 15) is 4.39 Å². The Labute approximate surface area is 112 Å². The molecule has 3 rings (SSSR count). The van der Waals surface area contributed by atoms with E-state index >= 15 is 0 Å². The van der Waals surface area contributed by atoms with E-state index in [2.05, 4.69) is 0 Å².